The SMILES string of the molecule is N#CN.O=S1c2ccc(Oc3cc(F)cc(F)c3)c(Cl)c2C(O)C1(F)F. The zero-order valence-corrected chi connectivity index (χ0v) is 14.1. The first kappa shape index (κ1) is 20.0. The Morgan fingerprint density at radius 1 is 1.27 bits per heavy atom. The number of ether oxygens (including phenoxy) is 1. The molecule has 0 fully saturated rings. The van der Waals surface area contributed by atoms with Gasteiger partial charge in [0, 0.05) is 23.8 Å². The summed E-state index contributed by atoms with van der Waals surface area (Å²) >= 11 is 5.93. The number of fused-ring (bicyclic) bond motifs is 1. The highest BCUT2D eigenvalue weighted by atomic mass is 35.5. The van der Waals surface area contributed by atoms with Gasteiger partial charge in [-0.2, -0.15) is 14.0 Å². The van der Waals surface area contributed by atoms with E-state index in [1.165, 1.54) is 6.19 Å². The van der Waals surface area contributed by atoms with Gasteiger partial charge < -0.3 is 15.6 Å². The number of rotatable bonds is 2. The van der Waals surface area contributed by atoms with Gasteiger partial charge in [-0.15, -0.1) is 0 Å². The fourth-order valence-electron chi connectivity index (χ4n) is 2.18. The minimum absolute atomic E-state index is 0.204. The molecule has 2 unspecified atom stereocenters. The Kier molecular flexibility index (Phi) is 5.75. The Morgan fingerprint density at radius 3 is 2.35 bits per heavy atom. The van der Waals surface area contributed by atoms with Crippen LogP contribution in [0.4, 0.5) is 17.6 Å². The molecule has 0 bridgehead atoms. The van der Waals surface area contributed by atoms with E-state index in [4.69, 9.17) is 21.6 Å². The highest BCUT2D eigenvalue weighted by Crippen LogP contribution is 2.51. The maximum atomic E-state index is 13.6. The van der Waals surface area contributed by atoms with Crippen LogP contribution in [0.15, 0.2) is 35.2 Å². The minimum atomic E-state index is -3.88. The van der Waals surface area contributed by atoms with E-state index in [1.54, 1.807) is 0 Å². The summed E-state index contributed by atoms with van der Waals surface area (Å²) in [6.07, 6.45) is -1.11. The quantitative estimate of drug-likeness (QED) is 0.450. The highest BCUT2D eigenvalue weighted by Gasteiger charge is 2.55. The molecule has 2 atom stereocenters. The maximum Gasteiger partial charge on any atom is 0.354 e. The minimum Gasteiger partial charge on any atom is -0.456 e. The third-order valence-corrected chi connectivity index (χ3v) is 5.07. The molecule has 0 saturated carbocycles. The van der Waals surface area contributed by atoms with Crippen molar-refractivity contribution in [3.05, 3.63) is 52.6 Å². The molecule has 11 heteroatoms. The molecular formula is C15H9ClF4N2O3S. The molecule has 3 N–H and O–H groups in total. The lowest BCUT2D eigenvalue weighted by Gasteiger charge is -2.14. The number of hydrogen-bond acceptors (Lipinski definition) is 5. The van der Waals surface area contributed by atoms with E-state index in [0.717, 1.165) is 24.3 Å². The van der Waals surface area contributed by atoms with Gasteiger partial charge in [0.15, 0.2) is 12.3 Å². The zero-order valence-electron chi connectivity index (χ0n) is 12.6. The van der Waals surface area contributed by atoms with Gasteiger partial charge in [0.2, 0.25) is 0 Å². The van der Waals surface area contributed by atoms with E-state index >= 15 is 0 Å². The largest absolute Gasteiger partial charge is 0.456 e. The smallest absolute Gasteiger partial charge is 0.354 e. The Labute approximate surface area is 152 Å². The molecule has 5 nitrogen and oxygen atoms in total. The molecule has 26 heavy (non-hydrogen) atoms. The van der Waals surface area contributed by atoms with Gasteiger partial charge in [0.1, 0.15) is 33.9 Å². The van der Waals surface area contributed by atoms with Crippen LogP contribution in [0.1, 0.15) is 11.7 Å². The molecule has 0 aliphatic carbocycles. The molecule has 2 aromatic rings. The summed E-state index contributed by atoms with van der Waals surface area (Å²) in [5.74, 6) is -2.25. The molecule has 0 aromatic heterocycles. The molecule has 1 aliphatic rings. The second-order valence-corrected chi connectivity index (χ2v) is 6.76. The van der Waals surface area contributed by atoms with Gasteiger partial charge >= 0.3 is 5.25 Å². The zero-order chi connectivity index (χ0) is 19.6. The first-order chi connectivity index (χ1) is 12.1. The molecule has 0 spiro atoms. The molecule has 2 aromatic carbocycles. The van der Waals surface area contributed by atoms with Crippen molar-refractivity contribution in [2.45, 2.75) is 16.3 Å². The molecule has 0 radical (unpaired) electrons. The number of benzene rings is 2. The number of alkyl halides is 2. The molecule has 3 rings (SSSR count). The van der Waals surface area contributed by atoms with Gasteiger partial charge in [-0.25, -0.2) is 13.0 Å². The lowest BCUT2D eigenvalue weighted by Crippen LogP contribution is -2.24. The topological polar surface area (TPSA) is 96.3 Å². The van der Waals surface area contributed by atoms with Crippen molar-refractivity contribution < 1.29 is 31.6 Å². The van der Waals surface area contributed by atoms with Crippen molar-refractivity contribution in [3.8, 4) is 17.7 Å². The van der Waals surface area contributed by atoms with Crippen LogP contribution in [-0.4, -0.2) is 14.6 Å². The van der Waals surface area contributed by atoms with Gasteiger partial charge in [-0.3, -0.25) is 0 Å². The number of nitriles is 1. The average molecular weight is 409 g/mol. The summed E-state index contributed by atoms with van der Waals surface area (Å²) < 4.78 is 70.3. The predicted molar refractivity (Wildman–Crippen MR) is 84.0 cm³/mol. The normalized spacial score (nSPS) is 19.7. The fourth-order valence-corrected chi connectivity index (χ4v) is 3.76. The molecule has 1 aliphatic heterocycles. The van der Waals surface area contributed by atoms with Crippen molar-refractivity contribution in [1.29, 1.82) is 5.26 Å². The number of hydrogen-bond donors (Lipinski definition) is 2. The van der Waals surface area contributed by atoms with Crippen molar-refractivity contribution in [2.24, 2.45) is 5.73 Å². The van der Waals surface area contributed by atoms with E-state index in [-0.39, 0.29) is 16.4 Å². The van der Waals surface area contributed by atoms with Gasteiger partial charge in [0.25, 0.3) is 0 Å². The molecule has 138 valence electrons. The number of aliphatic hydroxyl groups is 1. The second kappa shape index (κ2) is 7.49. The summed E-state index contributed by atoms with van der Waals surface area (Å²) in [6.45, 7) is 0. The van der Waals surface area contributed by atoms with Crippen LogP contribution < -0.4 is 10.5 Å². The van der Waals surface area contributed by atoms with Crippen LogP contribution in [-0.2, 0) is 10.8 Å². The van der Waals surface area contributed by atoms with Crippen molar-refractivity contribution in [1.82, 2.24) is 0 Å². The van der Waals surface area contributed by atoms with E-state index in [1.807, 2.05) is 0 Å². The Balaban J connectivity index is 0.000000758. The number of aliphatic hydroxyl groups excluding tert-OH is 1. The lowest BCUT2D eigenvalue weighted by molar-refractivity contribution is -0.0344. The molecule has 0 amide bonds. The Bertz CT molecular complexity index is 900. The van der Waals surface area contributed by atoms with Crippen molar-refractivity contribution in [3.63, 3.8) is 0 Å². The Hall–Kier alpha value is -2.35. The fraction of sp³-hybridized carbons (Fsp3) is 0.133. The van der Waals surface area contributed by atoms with Gasteiger partial charge in [0.05, 0.1) is 9.92 Å². The van der Waals surface area contributed by atoms with E-state index in [0.29, 0.717) is 6.07 Å². The molecule has 0 saturated heterocycles. The van der Waals surface area contributed by atoms with Crippen LogP contribution in [0.25, 0.3) is 0 Å². The number of nitrogens with two attached hydrogens (primary N) is 1. The maximum absolute atomic E-state index is 13.6. The first-order valence-electron chi connectivity index (χ1n) is 6.67. The van der Waals surface area contributed by atoms with Crippen molar-refractivity contribution in [2.75, 3.05) is 0 Å². The summed E-state index contributed by atoms with van der Waals surface area (Å²) in [6, 6.07) is 4.57. The van der Waals surface area contributed by atoms with Crippen LogP contribution in [0.2, 0.25) is 5.02 Å². The summed E-state index contributed by atoms with van der Waals surface area (Å²) in [4.78, 5) is -0.315. The lowest BCUT2D eigenvalue weighted by atomic mass is 10.1. The van der Waals surface area contributed by atoms with Crippen LogP contribution in [0.3, 0.4) is 0 Å². The number of halogens is 5. The van der Waals surface area contributed by atoms with Gasteiger partial charge in [-0.1, -0.05) is 11.6 Å². The average Bonchev–Trinajstić information content (AvgIpc) is 2.71. The van der Waals surface area contributed by atoms with Crippen LogP contribution >= 0.6 is 11.6 Å². The number of nitrogens with zero attached hydrogens (tertiary/aromatic N) is 1. The second-order valence-electron chi connectivity index (χ2n) is 4.86. The Morgan fingerprint density at radius 2 is 1.81 bits per heavy atom. The van der Waals surface area contributed by atoms with E-state index in [9.17, 15) is 26.9 Å². The predicted octanol–water partition coefficient (Wildman–Crippen LogP) is 3.58. The van der Waals surface area contributed by atoms with E-state index < -0.39 is 44.4 Å². The van der Waals surface area contributed by atoms with Crippen molar-refractivity contribution >= 4 is 22.4 Å². The summed E-state index contributed by atoms with van der Waals surface area (Å²) in [7, 11) is -2.75. The highest BCUT2D eigenvalue weighted by molar-refractivity contribution is 7.86. The molecular weight excluding hydrogens is 400 g/mol. The monoisotopic (exact) mass is 408 g/mol. The first-order valence-corrected chi connectivity index (χ1v) is 8.20. The summed E-state index contributed by atoms with van der Waals surface area (Å²) in [5.41, 5.74) is 3.73. The standard InChI is InChI=1S/C14H7ClF4O3S.CH2N2/c15-12-9(22-8-4-6(16)3-7(17)5-8)1-2-10-11(12)13(20)14(18,19)23(10)21;2-1-3/h1-5,13,20H;2H2. The van der Waals surface area contributed by atoms with Crippen LogP contribution in [0.5, 0.6) is 11.5 Å². The third-order valence-electron chi connectivity index (χ3n) is 3.21. The molecule has 1 heterocycles. The third kappa shape index (κ3) is 3.60. The van der Waals surface area contributed by atoms with Gasteiger partial charge in [-0.05, 0) is 12.1 Å². The van der Waals surface area contributed by atoms with E-state index in [2.05, 4.69) is 5.73 Å². The van der Waals surface area contributed by atoms with Crippen LogP contribution in [0, 0.1) is 23.1 Å². The summed E-state index contributed by atoms with van der Waals surface area (Å²) in [5, 5.41) is 12.5.